The Morgan fingerprint density at radius 2 is 1.95 bits per heavy atom. The number of carbonyl (C=O) groups excluding carboxylic acids is 1. The van der Waals surface area contributed by atoms with Crippen LogP contribution in [0.2, 0.25) is 0 Å². The molecule has 1 heterocycles. The number of nitrogens with zero attached hydrogens (tertiary/aromatic N) is 1. The molecule has 3 nitrogen and oxygen atoms in total. The van der Waals surface area contributed by atoms with Gasteiger partial charge in [0.15, 0.2) is 0 Å². The molecule has 0 aliphatic carbocycles. The lowest BCUT2D eigenvalue weighted by atomic mass is 9.96. The van der Waals surface area contributed by atoms with Gasteiger partial charge in [0.05, 0.1) is 5.56 Å². The lowest BCUT2D eigenvalue weighted by molar-refractivity contribution is 0.0337. The van der Waals surface area contributed by atoms with Crippen molar-refractivity contribution in [1.29, 1.82) is 0 Å². The molecule has 0 amide bonds. The van der Waals surface area contributed by atoms with Gasteiger partial charge in [-0.25, -0.2) is 4.79 Å². The molecule has 1 aromatic heterocycles. The van der Waals surface area contributed by atoms with E-state index in [1.807, 2.05) is 44.2 Å². The van der Waals surface area contributed by atoms with Gasteiger partial charge in [0.25, 0.3) is 0 Å². The molecule has 0 spiro atoms. The number of rotatable bonds is 4. The summed E-state index contributed by atoms with van der Waals surface area (Å²) in [5, 5.41) is 0. The normalized spacial score (nSPS) is 12.2. The fourth-order valence-electron chi connectivity index (χ4n) is 2.36. The van der Waals surface area contributed by atoms with E-state index in [4.69, 9.17) is 4.74 Å². The Hall–Kier alpha value is -2.16. The third-order valence-electron chi connectivity index (χ3n) is 3.57. The molecule has 0 aliphatic rings. The molecule has 0 radical (unpaired) electrons. The first-order valence-electron chi connectivity index (χ1n) is 7.20. The molecule has 0 aliphatic heterocycles. The first-order valence-corrected chi connectivity index (χ1v) is 7.20. The maximum atomic E-state index is 12.2. The number of pyridine rings is 1. The van der Waals surface area contributed by atoms with Crippen molar-refractivity contribution in [2.75, 3.05) is 0 Å². The van der Waals surface area contributed by atoms with Crippen LogP contribution in [0.4, 0.5) is 0 Å². The number of aryl methyl sites for hydroxylation is 1. The number of esters is 1. The van der Waals surface area contributed by atoms with Gasteiger partial charge in [-0.05, 0) is 49.1 Å². The second kappa shape index (κ2) is 6.53. The summed E-state index contributed by atoms with van der Waals surface area (Å²) in [5.74, 6) is 0.147. The van der Waals surface area contributed by atoms with Crippen molar-refractivity contribution < 1.29 is 9.53 Å². The van der Waals surface area contributed by atoms with Crippen molar-refractivity contribution in [1.82, 2.24) is 4.98 Å². The van der Waals surface area contributed by atoms with Crippen LogP contribution in [0.25, 0.3) is 0 Å². The first-order chi connectivity index (χ1) is 9.99. The molecule has 21 heavy (non-hydrogen) atoms. The average Bonchev–Trinajstić information content (AvgIpc) is 2.47. The van der Waals surface area contributed by atoms with Crippen LogP contribution < -0.4 is 0 Å². The maximum absolute atomic E-state index is 12.2. The quantitative estimate of drug-likeness (QED) is 0.779. The number of hydrogen-bond acceptors (Lipinski definition) is 3. The summed E-state index contributed by atoms with van der Waals surface area (Å²) in [5.41, 5.74) is 3.86. The van der Waals surface area contributed by atoms with E-state index in [9.17, 15) is 4.79 Å². The minimum Gasteiger partial charge on any atom is -0.454 e. The van der Waals surface area contributed by atoms with E-state index in [1.165, 1.54) is 5.56 Å². The molecule has 3 heteroatoms. The number of ether oxygens (including phenoxy) is 1. The lowest BCUT2D eigenvalue weighted by Gasteiger charge is -2.15. The highest BCUT2D eigenvalue weighted by molar-refractivity contribution is 5.89. The number of hydrogen-bond donors (Lipinski definition) is 0. The fourth-order valence-corrected chi connectivity index (χ4v) is 2.36. The highest BCUT2D eigenvalue weighted by Gasteiger charge is 2.15. The summed E-state index contributed by atoms with van der Waals surface area (Å²) in [6, 6.07) is 9.47. The van der Waals surface area contributed by atoms with Crippen molar-refractivity contribution in [3.8, 4) is 0 Å². The zero-order valence-corrected chi connectivity index (χ0v) is 13.0. The van der Waals surface area contributed by atoms with Crippen LogP contribution in [0.15, 0.2) is 42.7 Å². The Morgan fingerprint density at radius 3 is 2.52 bits per heavy atom. The smallest absolute Gasteiger partial charge is 0.338 e. The zero-order valence-electron chi connectivity index (χ0n) is 13.0. The SMILES string of the molecule is Cc1cc(C(=O)OC(C)c2cccnc2)ccc1C(C)C. The standard InChI is InChI=1S/C18H21NO2/c1-12(2)17-8-7-15(10-13(17)3)18(20)21-14(4)16-6-5-9-19-11-16/h5-12,14H,1-4H3. The first kappa shape index (κ1) is 15.2. The molecule has 2 aromatic rings. The summed E-state index contributed by atoms with van der Waals surface area (Å²) < 4.78 is 5.50. The zero-order chi connectivity index (χ0) is 15.4. The van der Waals surface area contributed by atoms with Crippen LogP contribution in [-0.2, 0) is 4.74 Å². The third-order valence-corrected chi connectivity index (χ3v) is 3.57. The number of aromatic nitrogens is 1. The Balaban J connectivity index is 2.12. The van der Waals surface area contributed by atoms with E-state index < -0.39 is 0 Å². The lowest BCUT2D eigenvalue weighted by Crippen LogP contribution is -2.10. The molecule has 0 saturated carbocycles. The molecule has 110 valence electrons. The van der Waals surface area contributed by atoms with E-state index in [-0.39, 0.29) is 12.1 Å². The van der Waals surface area contributed by atoms with Crippen LogP contribution in [0.3, 0.4) is 0 Å². The molecule has 0 saturated heterocycles. The van der Waals surface area contributed by atoms with E-state index in [0.717, 1.165) is 11.1 Å². The Bertz CT molecular complexity index is 620. The molecule has 0 fully saturated rings. The molecule has 1 unspecified atom stereocenters. The van der Waals surface area contributed by atoms with Gasteiger partial charge in [-0.1, -0.05) is 26.0 Å². The predicted molar refractivity (Wildman–Crippen MR) is 83.3 cm³/mol. The summed E-state index contributed by atoms with van der Waals surface area (Å²) in [6.45, 7) is 8.16. The molecule has 1 atom stereocenters. The van der Waals surface area contributed by atoms with Crippen molar-refractivity contribution in [3.63, 3.8) is 0 Å². The molecular formula is C18H21NO2. The second-order valence-electron chi connectivity index (χ2n) is 5.56. The topological polar surface area (TPSA) is 39.2 Å². The van der Waals surface area contributed by atoms with Crippen molar-refractivity contribution in [2.24, 2.45) is 0 Å². The number of benzene rings is 1. The largest absolute Gasteiger partial charge is 0.454 e. The summed E-state index contributed by atoms with van der Waals surface area (Å²) in [6.07, 6.45) is 3.10. The fraction of sp³-hybridized carbons (Fsp3) is 0.333. The van der Waals surface area contributed by atoms with E-state index in [0.29, 0.717) is 11.5 Å². The van der Waals surface area contributed by atoms with Crippen LogP contribution >= 0.6 is 0 Å². The maximum Gasteiger partial charge on any atom is 0.338 e. The summed E-state index contributed by atoms with van der Waals surface area (Å²) >= 11 is 0. The van der Waals surface area contributed by atoms with Crippen LogP contribution in [0.5, 0.6) is 0 Å². The van der Waals surface area contributed by atoms with E-state index >= 15 is 0 Å². The predicted octanol–water partition coefficient (Wildman–Crippen LogP) is 4.43. The van der Waals surface area contributed by atoms with Gasteiger partial charge in [-0.15, -0.1) is 0 Å². The minimum absolute atomic E-state index is 0.301. The van der Waals surface area contributed by atoms with Crippen LogP contribution in [-0.4, -0.2) is 11.0 Å². The van der Waals surface area contributed by atoms with Gasteiger partial charge in [0, 0.05) is 18.0 Å². The summed E-state index contributed by atoms with van der Waals surface area (Å²) in [7, 11) is 0. The molecule has 0 bridgehead atoms. The van der Waals surface area contributed by atoms with Gasteiger partial charge in [0.2, 0.25) is 0 Å². The highest BCUT2D eigenvalue weighted by Crippen LogP contribution is 2.22. The molecular weight excluding hydrogens is 262 g/mol. The van der Waals surface area contributed by atoms with Crippen molar-refractivity contribution >= 4 is 5.97 Å². The number of carbonyl (C=O) groups is 1. The monoisotopic (exact) mass is 283 g/mol. The van der Waals surface area contributed by atoms with Gasteiger partial charge in [0.1, 0.15) is 6.10 Å². The van der Waals surface area contributed by atoms with E-state index in [2.05, 4.69) is 18.8 Å². The van der Waals surface area contributed by atoms with E-state index in [1.54, 1.807) is 12.4 Å². The van der Waals surface area contributed by atoms with Gasteiger partial charge in [-0.2, -0.15) is 0 Å². The average molecular weight is 283 g/mol. The Morgan fingerprint density at radius 1 is 1.19 bits per heavy atom. The summed E-state index contributed by atoms with van der Waals surface area (Å²) in [4.78, 5) is 16.3. The molecule has 2 rings (SSSR count). The van der Waals surface area contributed by atoms with Crippen LogP contribution in [0, 0.1) is 6.92 Å². The molecule has 0 N–H and O–H groups in total. The van der Waals surface area contributed by atoms with Crippen molar-refractivity contribution in [2.45, 2.75) is 39.7 Å². The highest BCUT2D eigenvalue weighted by atomic mass is 16.5. The van der Waals surface area contributed by atoms with Crippen molar-refractivity contribution in [3.05, 3.63) is 65.0 Å². The van der Waals surface area contributed by atoms with Crippen LogP contribution in [0.1, 0.15) is 59.8 Å². The Kier molecular flexibility index (Phi) is 4.73. The van der Waals surface area contributed by atoms with Gasteiger partial charge >= 0.3 is 5.97 Å². The minimum atomic E-state index is -0.309. The van der Waals surface area contributed by atoms with Gasteiger partial charge < -0.3 is 4.74 Å². The van der Waals surface area contributed by atoms with Gasteiger partial charge in [-0.3, -0.25) is 4.98 Å². The second-order valence-corrected chi connectivity index (χ2v) is 5.56. The third kappa shape index (κ3) is 3.69. The Labute approximate surface area is 126 Å². The molecule has 1 aromatic carbocycles.